The van der Waals surface area contributed by atoms with E-state index in [0.717, 1.165) is 0 Å². The third-order valence-corrected chi connectivity index (χ3v) is 1.87. The molecule has 0 fully saturated rings. The van der Waals surface area contributed by atoms with Crippen molar-refractivity contribution in [3.63, 3.8) is 0 Å². The second kappa shape index (κ2) is 5.41. The van der Waals surface area contributed by atoms with E-state index in [1.807, 2.05) is 0 Å². The molecule has 16 heavy (non-hydrogen) atoms. The number of amides is 1. The summed E-state index contributed by atoms with van der Waals surface area (Å²) in [5.74, 6) is 0.353. The van der Waals surface area contributed by atoms with Crippen LogP contribution in [0.25, 0.3) is 0 Å². The van der Waals surface area contributed by atoms with Crippen LogP contribution in [0, 0.1) is 0 Å². The number of carbonyl (C=O) groups excluding carboxylic acids is 1. The topological polar surface area (TPSA) is 78.4 Å². The van der Waals surface area contributed by atoms with Gasteiger partial charge in [-0.3, -0.25) is 4.79 Å². The van der Waals surface area contributed by atoms with Crippen LogP contribution in [-0.4, -0.2) is 52.9 Å². The van der Waals surface area contributed by atoms with Gasteiger partial charge in [0.1, 0.15) is 5.82 Å². The zero-order valence-electron chi connectivity index (χ0n) is 9.64. The van der Waals surface area contributed by atoms with Crippen LogP contribution < -0.4 is 5.32 Å². The van der Waals surface area contributed by atoms with Gasteiger partial charge in [-0.05, 0) is 19.1 Å². The van der Waals surface area contributed by atoms with Gasteiger partial charge in [0.05, 0.1) is 6.10 Å². The van der Waals surface area contributed by atoms with Crippen LogP contribution in [0.15, 0.2) is 12.1 Å². The smallest absolute Gasteiger partial charge is 0.273 e. The van der Waals surface area contributed by atoms with Crippen LogP contribution in [-0.2, 0) is 0 Å². The Morgan fingerprint density at radius 2 is 2.19 bits per heavy atom. The molecular formula is C10H16N4O2. The molecule has 0 spiro atoms. The second-order valence-electron chi connectivity index (χ2n) is 3.73. The van der Waals surface area contributed by atoms with Crippen LogP contribution in [0.2, 0.25) is 0 Å². The Morgan fingerprint density at radius 1 is 1.50 bits per heavy atom. The van der Waals surface area contributed by atoms with Crippen molar-refractivity contribution in [1.82, 2.24) is 15.1 Å². The molecule has 0 saturated carbocycles. The van der Waals surface area contributed by atoms with E-state index in [9.17, 15) is 4.79 Å². The lowest BCUT2D eigenvalue weighted by Crippen LogP contribution is -2.23. The van der Waals surface area contributed by atoms with Crippen LogP contribution >= 0.6 is 0 Å². The Bertz CT molecular complexity index is 348. The lowest BCUT2D eigenvalue weighted by atomic mass is 10.3. The van der Waals surface area contributed by atoms with E-state index in [2.05, 4.69) is 15.5 Å². The van der Waals surface area contributed by atoms with Gasteiger partial charge in [-0.1, -0.05) is 0 Å². The summed E-state index contributed by atoms with van der Waals surface area (Å²) >= 11 is 0. The van der Waals surface area contributed by atoms with E-state index < -0.39 is 6.10 Å². The molecule has 1 heterocycles. The first-order valence-corrected chi connectivity index (χ1v) is 4.98. The highest BCUT2D eigenvalue weighted by Crippen LogP contribution is 2.03. The molecule has 1 unspecified atom stereocenters. The van der Waals surface area contributed by atoms with Gasteiger partial charge in [0.25, 0.3) is 5.91 Å². The fraction of sp³-hybridized carbons (Fsp3) is 0.500. The Hall–Kier alpha value is -1.69. The molecule has 1 aromatic heterocycles. The summed E-state index contributed by atoms with van der Waals surface area (Å²) < 4.78 is 0. The first-order chi connectivity index (χ1) is 7.50. The van der Waals surface area contributed by atoms with Crippen molar-refractivity contribution in [3.05, 3.63) is 17.8 Å². The molecule has 0 radical (unpaired) electrons. The first-order valence-electron chi connectivity index (χ1n) is 4.98. The normalized spacial score (nSPS) is 12.0. The Morgan fingerprint density at radius 3 is 2.62 bits per heavy atom. The Labute approximate surface area is 94.3 Å². The van der Waals surface area contributed by atoms with Crippen molar-refractivity contribution in [1.29, 1.82) is 0 Å². The SMILES string of the molecule is CC(O)CNc1ccc(C(=O)N(C)C)nn1. The minimum absolute atomic E-state index is 0.186. The summed E-state index contributed by atoms with van der Waals surface area (Å²) in [6, 6.07) is 3.26. The average molecular weight is 224 g/mol. The van der Waals surface area contributed by atoms with Crippen molar-refractivity contribution in [2.24, 2.45) is 0 Å². The minimum atomic E-state index is -0.454. The molecule has 88 valence electrons. The zero-order chi connectivity index (χ0) is 12.1. The van der Waals surface area contributed by atoms with E-state index in [1.54, 1.807) is 33.2 Å². The number of hydrogen-bond acceptors (Lipinski definition) is 5. The zero-order valence-corrected chi connectivity index (χ0v) is 9.64. The molecule has 0 bridgehead atoms. The molecule has 6 nitrogen and oxygen atoms in total. The largest absolute Gasteiger partial charge is 0.392 e. The molecular weight excluding hydrogens is 208 g/mol. The molecule has 1 rings (SSSR count). The van der Waals surface area contributed by atoms with Crippen molar-refractivity contribution >= 4 is 11.7 Å². The number of anilines is 1. The monoisotopic (exact) mass is 224 g/mol. The number of rotatable bonds is 4. The quantitative estimate of drug-likeness (QED) is 0.751. The first kappa shape index (κ1) is 12.4. The van der Waals surface area contributed by atoms with Crippen molar-refractivity contribution < 1.29 is 9.90 Å². The second-order valence-corrected chi connectivity index (χ2v) is 3.73. The number of aliphatic hydroxyl groups is 1. The van der Waals surface area contributed by atoms with Crippen molar-refractivity contribution in [2.75, 3.05) is 26.0 Å². The van der Waals surface area contributed by atoms with E-state index >= 15 is 0 Å². The predicted molar refractivity (Wildman–Crippen MR) is 60.2 cm³/mol. The maximum absolute atomic E-state index is 11.5. The molecule has 0 aliphatic carbocycles. The molecule has 0 aliphatic rings. The third-order valence-electron chi connectivity index (χ3n) is 1.87. The number of carbonyl (C=O) groups is 1. The molecule has 6 heteroatoms. The Kier molecular flexibility index (Phi) is 4.19. The summed E-state index contributed by atoms with van der Waals surface area (Å²) in [5, 5.41) is 19.6. The molecule has 1 aromatic rings. The average Bonchev–Trinajstić information content (AvgIpc) is 2.26. The van der Waals surface area contributed by atoms with Crippen molar-refractivity contribution in [2.45, 2.75) is 13.0 Å². The van der Waals surface area contributed by atoms with E-state index in [-0.39, 0.29) is 5.91 Å². The van der Waals surface area contributed by atoms with Crippen LogP contribution in [0.5, 0.6) is 0 Å². The fourth-order valence-electron chi connectivity index (χ4n) is 1.02. The van der Waals surface area contributed by atoms with Crippen LogP contribution in [0.3, 0.4) is 0 Å². The van der Waals surface area contributed by atoms with Crippen LogP contribution in [0.4, 0.5) is 5.82 Å². The fourth-order valence-corrected chi connectivity index (χ4v) is 1.02. The Balaban J connectivity index is 2.64. The van der Waals surface area contributed by atoms with Crippen LogP contribution in [0.1, 0.15) is 17.4 Å². The summed E-state index contributed by atoms with van der Waals surface area (Å²) in [4.78, 5) is 12.9. The van der Waals surface area contributed by atoms with Gasteiger partial charge in [-0.2, -0.15) is 0 Å². The third kappa shape index (κ3) is 3.47. The summed E-state index contributed by atoms with van der Waals surface area (Å²) in [6.07, 6.45) is -0.454. The maximum atomic E-state index is 11.5. The highest BCUT2D eigenvalue weighted by molar-refractivity contribution is 5.91. The summed E-state index contributed by atoms with van der Waals surface area (Å²) in [7, 11) is 3.31. The molecule has 2 N–H and O–H groups in total. The lowest BCUT2D eigenvalue weighted by Gasteiger charge is -2.10. The van der Waals surface area contributed by atoms with Gasteiger partial charge < -0.3 is 15.3 Å². The van der Waals surface area contributed by atoms with Gasteiger partial charge in [0.2, 0.25) is 0 Å². The minimum Gasteiger partial charge on any atom is -0.392 e. The lowest BCUT2D eigenvalue weighted by molar-refractivity contribution is 0.0821. The number of nitrogens with zero attached hydrogens (tertiary/aromatic N) is 3. The van der Waals surface area contributed by atoms with Gasteiger partial charge in [0, 0.05) is 20.6 Å². The summed E-state index contributed by atoms with van der Waals surface area (Å²) in [5.41, 5.74) is 0.299. The highest BCUT2D eigenvalue weighted by atomic mass is 16.3. The molecule has 0 aliphatic heterocycles. The highest BCUT2D eigenvalue weighted by Gasteiger charge is 2.09. The van der Waals surface area contributed by atoms with E-state index in [4.69, 9.17) is 5.11 Å². The number of nitrogens with one attached hydrogen (secondary N) is 1. The molecule has 1 amide bonds. The van der Waals surface area contributed by atoms with E-state index in [0.29, 0.717) is 18.1 Å². The van der Waals surface area contributed by atoms with Gasteiger partial charge in [-0.25, -0.2) is 0 Å². The molecule has 0 aromatic carbocycles. The van der Waals surface area contributed by atoms with Crippen molar-refractivity contribution in [3.8, 4) is 0 Å². The van der Waals surface area contributed by atoms with E-state index in [1.165, 1.54) is 4.90 Å². The number of aliphatic hydroxyl groups excluding tert-OH is 1. The van der Waals surface area contributed by atoms with Gasteiger partial charge >= 0.3 is 0 Å². The maximum Gasteiger partial charge on any atom is 0.273 e. The van der Waals surface area contributed by atoms with Gasteiger partial charge in [0.15, 0.2) is 5.69 Å². The summed E-state index contributed by atoms with van der Waals surface area (Å²) in [6.45, 7) is 2.07. The number of hydrogen-bond donors (Lipinski definition) is 2. The predicted octanol–water partition coefficient (Wildman–Crippen LogP) is -0.0289. The standard InChI is InChI=1S/C10H16N4O2/c1-7(15)6-11-9-5-4-8(12-13-9)10(16)14(2)3/h4-5,7,15H,6H2,1-3H3,(H,11,13). The number of aromatic nitrogens is 2. The molecule has 1 atom stereocenters. The molecule has 0 saturated heterocycles. The van der Waals surface area contributed by atoms with Gasteiger partial charge in [-0.15, -0.1) is 10.2 Å².